The van der Waals surface area contributed by atoms with E-state index in [9.17, 15) is 4.79 Å². The van der Waals surface area contributed by atoms with Gasteiger partial charge in [0.2, 0.25) is 0 Å². The van der Waals surface area contributed by atoms with Crippen LogP contribution in [0.2, 0.25) is 0 Å². The summed E-state index contributed by atoms with van der Waals surface area (Å²) in [6.45, 7) is 4.42. The van der Waals surface area contributed by atoms with E-state index in [-0.39, 0.29) is 12.0 Å². The molecule has 19 heavy (non-hydrogen) atoms. The lowest BCUT2D eigenvalue weighted by Gasteiger charge is -2.45. The minimum Gasteiger partial charge on any atom is -0.489 e. The number of allylic oxidation sites excluding steroid dienone is 3. The molecule has 102 valence electrons. The smallest absolute Gasteiger partial charge is 0.171 e. The number of hydrogen-bond donors (Lipinski definition) is 0. The first-order valence-electron chi connectivity index (χ1n) is 7.61. The summed E-state index contributed by atoms with van der Waals surface area (Å²) in [4.78, 5) is 15.5. The maximum absolute atomic E-state index is 12.9. The van der Waals surface area contributed by atoms with Crippen LogP contribution in [0.1, 0.15) is 32.6 Å². The molecule has 0 amide bonds. The molecule has 4 atom stereocenters. The van der Waals surface area contributed by atoms with Crippen molar-refractivity contribution in [3.63, 3.8) is 0 Å². The van der Waals surface area contributed by atoms with Gasteiger partial charge in [-0.1, -0.05) is 13.0 Å². The van der Waals surface area contributed by atoms with Gasteiger partial charge >= 0.3 is 0 Å². The predicted octanol–water partition coefficient (Wildman–Crippen LogP) is 2.29. The van der Waals surface area contributed by atoms with Crippen LogP contribution in [0.4, 0.5) is 0 Å². The molecule has 3 nitrogen and oxygen atoms in total. The number of piperidine rings is 1. The molecule has 0 aromatic rings. The number of rotatable bonds is 0. The molecule has 4 rings (SSSR count). The summed E-state index contributed by atoms with van der Waals surface area (Å²) in [7, 11) is 0. The first kappa shape index (κ1) is 11.7. The largest absolute Gasteiger partial charge is 0.489 e. The first-order chi connectivity index (χ1) is 9.25. The number of ether oxygens (including phenoxy) is 1. The van der Waals surface area contributed by atoms with E-state index in [1.807, 2.05) is 6.08 Å². The zero-order valence-corrected chi connectivity index (χ0v) is 11.5. The fourth-order valence-electron chi connectivity index (χ4n) is 4.37. The Kier molecular flexibility index (Phi) is 2.59. The maximum Gasteiger partial charge on any atom is 0.171 e. The summed E-state index contributed by atoms with van der Waals surface area (Å²) >= 11 is 0. The number of carbonyl (C=O) groups is 1. The minimum atomic E-state index is 0.101. The SMILES string of the molecule is C[C@H]1CC=CC2=C1C(=O)[C@@H]1[C@H](CCN3CCC[C@@H]13)O2. The van der Waals surface area contributed by atoms with Gasteiger partial charge in [0.05, 0.1) is 5.92 Å². The molecule has 3 heteroatoms. The van der Waals surface area contributed by atoms with Crippen LogP contribution in [0.5, 0.6) is 0 Å². The summed E-state index contributed by atoms with van der Waals surface area (Å²) in [6.07, 6.45) is 8.67. The Morgan fingerprint density at radius 1 is 1.32 bits per heavy atom. The Morgan fingerprint density at radius 2 is 2.21 bits per heavy atom. The fourth-order valence-corrected chi connectivity index (χ4v) is 4.37. The molecule has 4 aliphatic rings. The van der Waals surface area contributed by atoms with Crippen molar-refractivity contribution in [2.45, 2.75) is 44.8 Å². The summed E-state index contributed by atoms with van der Waals surface area (Å²) < 4.78 is 6.19. The summed E-state index contributed by atoms with van der Waals surface area (Å²) in [5.74, 6) is 1.69. The predicted molar refractivity (Wildman–Crippen MR) is 72.5 cm³/mol. The van der Waals surface area contributed by atoms with Gasteiger partial charge in [0.25, 0.3) is 0 Å². The lowest BCUT2D eigenvalue weighted by atomic mass is 9.74. The average molecular weight is 259 g/mol. The van der Waals surface area contributed by atoms with E-state index in [1.54, 1.807) is 0 Å². The number of fused-ring (bicyclic) bond motifs is 3. The van der Waals surface area contributed by atoms with Crippen LogP contribution in [0, 0.1) is 11.8 Å². The molecule has 0 radical (unpaired) electrons. The highest BCUT2D eigenvalue weighted by Gasteiger charge is 2.49. The molecule has 3 heterocycles. The molecule has 2 saturated heterocycles. The highest BCUT2D eigenvalue weighted by molar-refractivity contribution is 6.00. The summed E-state index contributed by atoms with van der Waals surface area (Å²) in [6, 6.07) is 0.443. The lowest BCUT2D eigenvalue weighted by molar-refractivity contribution is -0.133. The Bertz CT molecular complexity index is 479. The minimum absolute atomic E-state index is 0.101. The van der Waals surface area contributed by atoms with Gasteiger partial charge in [0, 0.05) is 18.2 Å². The first-order valence-corrected chi connectivity index (χ1v) is 7.61. The molecule has 0 saturated carbocycles. The summed E-state index contributed by atoms with van der Waals surface area (Å²) in [5, 5.41) is 0. The van der Waals surface area contributed by atoms with E-state index < -0.39 is 0 Å². The van der Waals surface area contributed by atoms with E-state index >= 15 is 0 Å². The van der Waals surface area contributed by atoms with Crippen LogP contribution < -0.4 is 0 Å². The van der Waals surface area contributed by atoms with Crippen LogP contribution >= 0.6 is 0 Å². The fraction of sp³-hybridized carbons (Fsp3) is 0.688. The molecule has 0 aromatic carbocycles. The highest BCUT2D eigenvalue weighted by Crippen LogP contribution is 2.42. The van der Waals surface area contributed by atoms with Crippen molar-refractivity contribution in [1.82, 2.24) is 4.90 Å². The monoisotopic (exact) mass is 259 g/mol. The third kappa shape index (κ3) is 1.64. The number of ketones is 1. The van der Waals surface area contributed by atoms with Crippen LogP contribution in [0.25, 0.3) is 0 Å². The third-order valence-corrected chi connectivity index (χ3v) is 5.29. The van der Waals surface area contributed by atoms with Gasteiger partial charge in [-0.05, 0) is 44.2 Å². The molecule has 3 aliphatic heterocycles. The molecule has 1 aliphatic carbocycles. The van der Waals surface area contributed by atoms with Crippen molar-refractivity contribution in [2.75, 3.05) is 13.1 Å². The molecule has 0 N–H and O–H groups in total. The van der Waals surface area contributed by atoms with E-state index in [0.29, 0.717) is 17.7 Å². The van der Waals surface area contributed by atoms with Gasteiger partial charge in [0.1, 0.15) is 11.9 Å². The Balaban J connectivity index is 1.73. The van der Waals surface area contributed by atoms with Gasteiger partial charge < -0.3 is 4.74 Å². The molecular formula is C16H21NO2. The van der Waals surface area contributed by atoms with Crippen molar-refractivity contribution in [1.29, 1.82) is 0 Å². The zero-order valence-electron chi connectivity index (χ0n) is 11.5. The molecule has 0 spiro atoms. The van der Waals surface area contributed by atoms with Crippen LogP contribution in [0.3, 0.4) is 0 Å². The number of nitrogens with zero attached hydrogens (tertiary/aromatic N) is 1. The molecule has 0 aromatic heterocycles. The van der Waals surface area contributed by atoms with E-state index in [0.717, 1.165) is 30.7 Å². The standard InChI is InChI=1S/C16H21NO2/c1-10-4-2-6-12-14(10)16(18)15-11-5-3-8-17(11)9-7-13(15)19-12/h2,6,10-11,13,15H,3-5,7-9H2,1H3/t10-,11-,13-,15-/m0/s1. The van der Waals surface area contributed by atoms with E-state index in [2.05, 4.69) is 17.9 Å². The normalized spacial score (nSPS) is 41.6. The summed E-state index contributed by atoms with van der Waals surface area (Å²) in [5.41, 5.74) is 0.970. The number of carbonyl (C=O) groups excluding carboxylic acids is 1. The molecular weight excluding hydrogens is 238 g/mol. The van der Waals surface area contributed by atoms with Crippen LogP contribution in [-0.2, 0) is 9.53 Å². The lowest BCUT2D eigenvalue weighted by Crippen LogP contribution is -2.54. The number of hydrogen-bond acceptors (Lipinski definition) is 3. The second-order valence-electron chi connectivity index (χ2n) is 6.40. The molecule has 0 bridgehead atoms. The Morgan fingerprint density at radius 3 is 3.11 bits per heavy atom. The van der Waals surface area contributed by atoms with Crippen molar-refractivity contribution >= 4 is 5.78 Å². The maximum atomic E-state index is 12.9. The van der Waals surface area contributed by atoms with Gasteiger partial charge in [0.15, 0.2) is 5.78 Å². The topological polar surface area (TPSA) is 29.5 Å². The van der Waals surface area contributed by atoms with E-state index in [4.69, 9.17) is 4.74 Å². The van der Waals surface area contributed by atoms with Gasteiger partial charge in [-0.15, -0.1) is 0 Å². The zero-order chi connectivity index (χ0) is 13.0. The molecule has 0 unspecified atom stereocenters. The van der Waals surface area contributed by atoms with Crippen LogP contribution in [0.15, 0.2) is 23.5 Å². The van der Waals surface area contributed by atoms with Gasteiger partial charge in [-0.25, -0.2) is 0 Å². The number of Topliss-reactive ketones (excluding diaryl/α,β-unsaturated/α-hetero) is 1. The van der Waals surface area contributed by atoms with Crippen molar-refractivity contribution < 1.29 is 9.53 Å². The quantitative estimate of drug-likeness (QED) is 0.668. The highest BCUT2D eigenvalue weighted by atomic mass is 16.5. The Hall–Kier alpha value is -1.09. The van der Waals surface area contributed by atoms with Crippen molar-refractivity contribution in [2.24, 2.45) is 11.8 Å². The van der Waals surface area contributed by atoms with Crippen molar-refractivity contribution in [3.8, 4) is 0 Å². The Labute approximate surface area is 114 Å². The van der Waals surface area contributed by atoms with E-state index in [1.165, 1.54) is 19.4 Å². The van der Waals surface area contributed by atoms with Crippen molar-refractivity contribution in [3.05, 3.63) is 23.5 Å². The third-order valence-electron chi connectivity index (χ3n) is 5.29. The van der Waals surface area contributed by atoms with Gasteiger partial charge in [-0.3, -0.25) is 9.69 Å². The van der Waals surface area contributed by atoms with Crippen LogP contribution in [-0.4, -0.2) is 35.9 Å². The average Bonchev–Trinajstić information content (AvgIpc) is 2.86. The molecule has 2 fully saturated rings. The van der Waals surface area contributed by atoms with Gasteiger partial charge in [-0.2, -0.15) is 0 Å². The second-order valence-corrected chi connectivity index (χ2v) is 6.40. The second kappa shape index (κ2) is 4.20.